The van der Waals surface area contributed by atoms with Crippen LogP contribution in [-0.4, -0.2) is 16.6 Å². The molecular weight excluding hydrogens is 496 g/mol. The van der Waals surface area contributed by atoms with Gasteiger partial charge in [0.25, 0.3) is 0 Å². The molecule has 0 radical (unpaired) electrons. The van der Waals surface area contributed by atoms with Gasteiger partial charge in [0.05, 0.1) is 34.0 Å². The standard InChI is InChI=1S/C22H16Br2N4O/c23-15-10-14-8-9-29-20(14)17(12-15)13-6-7-19-18(11-13)21(27-22(25)26-19)28(24)16-4-2-1-3-5-16/h1-7,10-12H,8-9H2,(H2,25,26,27). The first-order chi connectivity index (χ1) is 14.1. The Morgan fingerprint density at radius 2 is 1.83 bits per heavy atom. The number of rotatable bonds is 3. The third-order valence-corrected chi connectivity index (χ3v) is 6.12. The number of halogens is 2. The predicted octanol–water partition coefficient (Wildman–Crippen LogP) is 6.02. The molecule has 2 heterocycles. The van der Waals surface area contributed by atoms with Gasteiger partial charge in [-0.25, -0.2) is 4.98 Å². The average molecular weight is 512 g/mol. The number of nitrogens with zero attached hydrogens (tertiary/aromatic N) is 3. The van der Waals surface area contributed by atoms with Crippen molar-refractivity contribution >= 4 is 60.4 Å². The lowest BCUT2D eigenvalue weighted by Gasteiger charge is -2.18. The number of aromatic nitrogens is 2. The largest absolute Gasteiger partial charge is 0.492 e. The second kappa shape index (κ2) is 7.31. The Labute approximate surface area is 185 Å². The maximum absolute atomic E-state index is 5.99. The number of anilines is 3. The molecule has 5 rings (SSSR count). The first-order valence-electron chi connectivity index (χ1n) is 9.14. The molecular formula is C22H16Br2N4O. The molecule has 29 heavy (non-hydrogen) atoms. The van der Waals surface area contributed by atoms with E-state index in [-0.39, 0.29) is 5.95 Å². The number of nitrogen functional groups attached to an aromatic ring is 1. The molecule has 0 amide bonds. The lowest BCUT2D eigenvalue weighted by atomic mass is 9.99. The fourth-order valence-electron chi connectivity index (χ4n) is 3.61. The minimum atomic E-state index is 0.229. The van der Waals surface area contributed by atoms with E-state index in [0.717, 1.165) is 44.4 Å². The van der Waals surface area contributed by atoms with Crippen LogP contribution in [0.15, 0.2) is 65.1 Å². The molecule has 7 heteroatoms. The third kappa shape index (κ3) is 3.34. The molecule has 0 saturated heterocycles. The van der Waals surface area contributed by atoms with E-state index in [0.29, 0.717) is 12.4 Å². The molecule has 4 aromatic rings. The summed E-state index contributed by atoms with van der Waals surface area (Å²) in [5.41, 5.74) is 11.0. The van der Waals surface area contributed by atoms with Crippen LogP contribution in [0.5, 0.6) is 5.75 Å². The van der Waals surface area contributed by atoms with Crippen LogP contribution in [0.4, 0.5) is 17.5 Å². The topological polar surface area (TPSA) is 64.3 Å². The highest BCUT2D eigenvalue weighted by molar-refractivity contribution is 9.10. The molecule has 0 aliphatic carbocycles. The summed E-state index contributed by atoms with van der Waals surface area (Å²) in [7, 11) is 0. The number of hydrogen-bond donors (Lipinski definition) is 1. The second-order valence-electron chi connectivity index (χ2n) is 6.79. The number of nitrogens with two attached hydrogens (primary N) is 1. The molecule has 0 fully saturated rings. The number of hydrogen-bond acceptors (Lipinski definition) is 5. The van der Waals surface area contributed by atoms with E-state index in [2.05, 4.69) is 60.2 Å². The highest BCUT2D eigenvalue weighted by Gasteiger charge is 2.20. The number of para-hydroxylation sites is 1. The van der Waals surface area contributed by atoms with Crippen molar-refractivity contribution in [2.24, 2.45) is 0 Å². The van der Waals surface area contributed by atoms with Crippen LogP contribution < -0.4 is 14.4 Å². The first-order valence-corrected chi connectivity index (χ1v) is 10.6. The van der Waals surface area contributed by atoms with Crippen molar-refractivity contribution < 1.29 is 4.74 Å². The van der Waals surface area contributed by atoms with Gasteiger partial charge >= 0.3 is 0 Å². The molecule has 1 aliphatic rings. The monoisotopic (exact) mass is 510 g/mol. The van der Waals surface area contributed by atoms with Crippen molar-refractivity contribution in [3.8, 4) is 16.9 Å². The summed E-state index contributed by atoms with van der Waals surface area (Å²) in [6, 6.07) is 20.2. The molecule has 0 unspecified atom stereocenters. The second-order valence-corrected chi connectivity index (χ2v) is 8.42. The molecule has 0 bridgehead atoms. The van der Waals surface area contributed by atoms with Crippen molar-refractivity contribution in [2.75, 3.05) is 16.3 Å². The van der Waals surface area contributed by atoms with E-state index >= 15 is 0 Å². The maximum Gasteiger partial charge on any atom is 0.222 e. The Morgan fingerprint density at radius 1 is 1.00 bits per heavy atom. The zero-order valence-electron chi connectivity index (χ0n) is 15.3. The van der Waals surface area contributed by atoms with Crippen molar-refractivity contribution in [1.82, 2.24) is 9.97 Å². The highest BCUT2D eigenvalue weighted by Crippen LogP contribution is 2.41. The summed E-state index contributed by atoms with van der Waals surface area (Å²) in [5, 5.41) is 0.893. The summed E-state index contributed by atoms with van der Waals surface area (Å²) >= 11 is 7.27. The zero-order valence-corrected chi connectivity index (χ0v) is 18.4. The SMILES string of the molecule is Nc1nc(N(Br)c2ccccc2)c2cc(-c3cc(Br)cc4c3OCC4)ccc2n1. The van der Waals surface area contributed by atoms with E-state index in [1.807, 2.05) is 46.4 Å². The number of benzene rings is 3. The smallest absolute Gasteiger partial charge is 0.222 e. The fourth-order valence-corrected chi connectivity index (χ4v) is 4.62. The van der Waals surface area contributed by atoms with Crippen LogP contribution in [0.1, 0.15) is 5.56 Å². The summed E-state index contributed by atoms with van der Waals surface area (Å²) in [6.07, 6.45) is 0.920. The first kappa shape index (κ1) is 18.4. The minimum Gasteiger partial charge on any atom is -0.492 e. The molecule has 1 aromatic heterocycles. The number of ether oxygens (including phenoxy) is 1. The van der Waals surface area contributed by atoms with Crippen molar-refractivity contribution in [1.29, 1.82) is 0 Å². The fraction of sp³-hybridized carbons (Fsp3) is 0.0909. The maximum atomic E-state index is 5.99. The Morgan fingerprint density at radius 3 is 2.66 bits per heavy atom. The summed E-state index contributed by atoms with van der Waals surface area (Å²) in [6.45, 7) is 0.709. The van der Waals surface area contributed by atoms with Crippen molar-refractivity contribution in [3.05, 3.63) is 70.7 Å². The van der Waals surface area contributed by atoms with Gasteiger partial charge < -0.3 is 10.5 Å². The van der Waals surface area contributed by atoms with E-state index in [1.165, 1.54) is 5.56 Å². The quantitative estimate of drug-likeness (QED) is 0.340. The van der Waals surface area contributed by atoms with Crippen LogP contribution >= 0.6 is 32.1 Å². The molecule has 3 aromatic carbocycles. The van der Waals surface area contributed by atoms with Gasteiger partial charge in [-0.1, -0.05) is 40.2 Å². The normalized spacial score (nSPS) is 12.6. The Bertz CT molecular complexity index is 1230. The highest BCUT2D eigenvalue weighted by atomic mass is 79.9. The molecule has 5 nitrogen and oxygen atoms in total. The van der Waals surface area contributed by atoms with Gasteiger partial charge in [-0.05, 0) is 47.5 Å². The molecule has 1 aliphatic heterocycles. The lowest BCUT2D eigenvalue weighted by Crippen LogP contribution is -2.07. The van der Waals surface area contributed by atoms with Crippen LogP contribution in [0.2, 0.25) is 0 Å². The summed E-state index contributed by atoms with van der Waals surface area (Å²) < 4.78 is 8.81. The Kier molecular flexibility index (Phi) is 4.64. The molecule has 0 spiro atoms. The van der Waals surface area contributed by atoms with Gasteiger partial charge in [-0.3, -0.25) is 3.93 Å². The van der Waals surface area contributed by atoms with E-state index < -0.39 is 0 Å². The van der Waals surface area contributed by atoms with E-state index in [4.69, 9.17) is 10.5 Å². The molecule has 0 atom stereocenters. The van der Waals surface area contributed by atoms with Crippen LogP contribution in [-0.2, 0) is 6.42 Å². The van der Waals surface area contributed by atoms with Gasteiger partial charge in [0.1, 0.15) is 5.75 Å². The van der Waals surface area contributed by atoms with Crippen LogP contribution in [0.25, 0.3) is 22.0 Å². The Hall–Kier alpha value is -2.64. The Balaban J connectivity index is 1.71. The van der Waals surface area contributed by atoms with Gasteiger partial charge in [-0.2, -0.15) is 4.98 Å². The molecule has 144 valence electrons. The third-order valence-electron chi connectivity index (χ3n) is 4.92. The summed E-state index contributed by atoms with van der Waals surface area (Å²) in [5.74, 6) is 1.87. The summed E-state index contributed by atoms with van der Waals surface area (Å²) in [4.78, 5) is 8.92. The lowest BCUT2D eigenvalue weighted by molar-refractivity contribution is 0.358. The van der Waals surface area contributed by atoms with Gasteiger partial charge in [0.2, 0.25) is 5.95 Å². The van der Waals surface area contributed by atoms with E-state index in [9.17, 15) is 0 Å². The van der Waals surface area contributed by atoms with Crippen LogP contribution in [0.3, 0.4) is 0 Å². The van der Waals surface area contributed by atoms with E-state index in [1.54, 1.807) is 0 Å². The van der Waals surface area contributed by atoms with Gasteiger partial charge in [0.15, 0.2) is 5.82 Å². The zero-order chi connectivity index (χ0) is 20.0. The van der Waals surface area contributed by atoms with Crippen LogP contribution in [0, 0.1) is 0 Å². The van der Waals surface area contributed by atoms with Crippen molar-refractivity contribution in [3.63, 3.8) is 0 Å². The van der Waals surface area contributed by atoms with Crippen molar-refractivity contribution in [2.45, 2.75) is 6.42 Å². The number of fused-ring (bicyclic) bond motifs is 2. The predicted molar refractivity (Wildman–Crippen MR) is 124 cm³/mol. The average Bonchev–Trinajstić information content (AvgIpc) is 3.20. The van der Waals surface area contributed by atoms with Gasteiger partial charge in [-0.15, -0.1) is 0 Å². The molecule has 0 saturated carbocycles. The van der Waals surface area contributed by atoms with Gasteiger partial charge in [0, 0.05) is 21.8 Å². The molecule has 2 N–H and O–H groups in total. The minimum absolute atomic E-state index is 0.229.